The topological polar surface area (TPSA) is 45.6 Å². The van der Waals surface area contributed by atoms with Gasteiger partial charge in [-0.25, -0.2) is 0 Å². The Labute approximate surface area is 146 Å². The molecule has 0 atom stereocenters. The van der Waals surface area contributed by atoms with E-state index in [-0.39, 0.29) is 12.3 Å². The van der Waals surface area contributed by atoms with E-state index in [9.17, 15) is 4.79 Å². The first kappa shape index (κ1) is 16.5. The molecule has 0 unspecified atom stereocenters. The predicted octanol–water partition coefficient (Wildman–Crippen LogP) is 4.00. The number of hydrogen-bond acceptors (Lipinski definition) is 4. The van der Waals surface area contributed by atoms with E-state index in [1.54, 1.807) is 36.3 Å². The third-order valence-electron chi connectivity index (χ3n) is 4.03. The number of aromatic nitrogens is 1. The van der Waals surface area contributed by atoms with Crippen molar-refractivity contribution < 1.29 is 4.79 Å². The number of thioether (sulfide) groups is 1. The summed E-state index contributed by atoms with van der Waals surface area (Å²) in [6, 6.07) is 9.71. The average Bonchev–Trinajstić information content (AvgIpc) is 2.96. The molecule has 1 aromatic carbocycles. The Hall–Kier alpha value is -2.40. The highest BCUT2D eigenvalue weighted by Crippen LogP contribution is 2.34. The molecule has 4 nitrogen and oxygen atoms in total. The number of ketones is 1. The first-order chi connectivity index (χ1) is 11.6. The van der Waals surface area contributed by atoms with E-state index < -0.39 is 0 Å². The lowest BCUT2D eigenvalue weighted by atomic mass is 10.1. The van der Waals surface area contributed by atoms with E-state index in [0.29, 0.717) is 5.56 Å². The molecule has 0 aliphatic carbocycles. The molecule has 0 spiro atoms. The third kappa shape index (κ3) is 3.26. The van der Waals surface area contributed by atoms with Crippen LogP contribution in [0.3, 0.4) is 0 Å². The lowest BCUT2D eigenvalue weighted by Crippen LogP contribution is -2.23. The quantitative estimate of drug-likeness (QED) is 0.791. The summed E-state index contributed by atoms with van der Waals surface area (Å²) in [6.07, 6.45) is 3.23. The molecule has 1 saturated heterocycles. The largest absolute Gasteiger partial charge is 0.293 e. The zero-order valence-electron chi connectivity index (χ0n) is 13.8. The fraction of sp³-hybridized carbons (Fsp3) is 0.211. The maximum atomic E-state index is 12.2. The van der Waals surface area contributed by atoms with Crippen LogP contribution in [0, 0.1) is 13.8 Å². The van der Waals surface area contributed by atoms with Crippen molar-refractivity contribution in [2.24, 2.45) is 4.99 Å². The molecule has 5 heteroatoms. The summed E-state index contributed by atoms with van der Waals surface area (Å²) in [5, 5.41) is 0.825. The number of amidine groups is 1. The van der Waals surface area contributed by atoms with Crippen LogP contribution in [0.15, 0.2) is 60.0 Å². The van der Waals surface area contributed by atoms with Crippen molar-refractivity contribution in [3.05, 3.63) is 71.7 Å². The molecule has 1 aliphatic rings. The third-order valence-corrected chi connectivity index (χ3v) is 5.08. The minimum absolute atomic E-state index is 0.0328. The normalized spacial score (nSPS) is 16.0. The first-order valence-electron chi connectivity index (χ1n) is 7.72. The Morgan fingerprint density at radius 3 is 2.92 bits per heavy atom. The van der Waals surface area contributed by atoms with Crippen molar-refractivity contribution >= 4 is 28.4 Å². The standard InChI is InChI=1S/C19H19N3OS/c1-13-6-4-8-17(15(13)3)22-14(2)12-24-19(22)21-11-18(23)16-7-5-9-20-10-16/h4-10H,2,11-12H2,1,3H3. The Bertz CT molecular complexity index is 815. The molecule has 2 heterocycles. The van der Waals surface area contributed by atoms with Crippen LogP contribution in [0.2, 0.25) is 0 Å². The van der Waals surface area contributed by atoms with Gasteiger partial charge in [-0.3, -0.25) is 19.7 Å². The van der Waals surface area contributed by atoms with E-state index in [1.165, 1.54) is 11.1 Å². The van der Waals surface area contributed by atoms with Crippen molar-refractivity contribution in [1.82, 2.24) is 4.98 Å². The summed E-state index contributed by atoms with van der Waals surface area (Å²) in [5.41, 5.74) is 5.08. The number of benzene rings is 1. The minimum Gasteiger partial charge on any atom is -0.293 e. The number of pyridine rings is 1. The number of Topliss-reactive ketones (excluding diaryl/α,β-unsaturated/α-hetero) is 1. The number of hydrogen-bond donors (Lipinski definition) is 0. The lowest BCUT2D eigenvalue weighted by Gasteiger charge is -2.22. The van der Waals surface area contributed by atoms with Crippen molar-refractivity contribution in [2.45, 2.75) is 13.8 Å². The molecular weight excluding hydrogens is 318 g/mol. The van der Waals surface area contributed by atoms with Crippen molar-refractivity contribution in [3.63, 3.8) is 0 Å². The van der Waals surface area contributed by atoms with E-state index in [4.69, 9.17) is 0 Å². The molecule has 0 saturated carbocycles. The fourth-order valence-electron chi connectivity index (χ4n) is 2.54. The van der Waals surface area contributed by atoms with Gasteiger partial charge in [0.2, 0.25) is 0 Å². The summed E-state index contributed by atoms with van der Waals surface area (Å²) < 4.78 is 0. The molecule has 2 aromatic rings. The number of aryl methyl sites for hydroxylation is 1. The second kappa shape index (κ2) is 7.01. The van der Waals surface area contributed by atoms with Gasteiger partial charge in [0.05, 0.1) is 5.69 Å². The summed E-state index contributed by atoms with van der Waals surface area (Å²) in [4.78, 5) is 22.8. The van der Waals surface area contributed by atoms with E-state index in [1.807, 2.05) is 6.07 Å². The van der Waals surface area contributed by atoms with Gasteiger partial charge in [0.25, 0.3) is 0 Å². The highest BCUT2D eigenvalue weighted by atomic mass is 32.2. The summed E-state index contributed by atoms with van der Waals surface area (Å²) in [6.45, 7) is 8.45. The highest BCUT2D eigenvalue weighted by Gasteiger charge is 2.26. The van der Waals surface area contributed by atoms with Crippen LogP contribution in [0.4, 0.5) is 5.69 Å². The van der Waals surface area contributed by atoms with Crippen LogP contribution < -0.4 is 4.90 Å². The average molecular weight is 337 g/mol. The first-order valence-corrected chi connectivity index (χ1v) is 8.71. The number of nitrogens with zero attached hydrogens (tertiary/aromatic N) is 3. The van der Waals surface area contributed by atoms with Gasteiger partial charge in [0.15, 0.2) is 11.0 Å². The maximum absolute atomic E-state index is 12.2. The second-order valence-corrected chi connectivity index (χ2v) is 6.62. The van der Waals surface area contributed by atoms with Crippen LogP contribution in [-0.2, 0) is 0 Å². The molecule has 0 N–H and O–H groups in total. The van der Waals surface area contributed by atoms with Gasteiger partial charge in [0.1, 0.15) is 6.54 Å². The molecule has 122 valence electrons. The number of aliphatic imine (C=N–C) groups is 1. The Morgan fingerprint density at radius 1 is 1.33 bits per heavy atom. The summed E-state index contributed by atoms with van der Waals surface area (Å²) in [5.74, 6) is 0.752. The van der Waals surface area contributed by atoms with Crippen LogP contribution in [0.1, 0.15) is 21.5 Å². The molecule has 0 amide bonds. The second-order valence-electron chi connectivity index (χ2n) is 5.67. The Morgan fingerprint density at radius 2 is 2.17 bits per heavy atom. The molecule has 3 rings (SSSR count). The van der Waals surface area contributed by atoms with Gasteiger partial charge in [-0.1, -0.05) is 30.5 Å². The van der Waals surface area contributed by atoms with Crippen LogP contribution >= 0.6 is 11.8 Å². The monoisotopic (exact) mass is 337 g/mol. The molecule has 0 radical (unpaired) electrons. The fourth-order valence-corrected chi connectivity index (χ4v) is 3.48. The summed E-state index contributed by atoms with van der Waals surface area (Å²) >= 11 is 1.61. The zero-order valence-corrected chi connectivity index (χ0v) is 14.6. The Balaban J connectivity index is 1.85. The number of rotatable bonds is 4. The van der Waals surface area contributed by atoms with Crippen molar-refractivity contribution in [2.75, 3.05) is 17.2 Å². The minimum atomic E-state index is -0.0328. The van der Waals surface area contributed by atoms with Gasteiger partial charge in [-0.05, 0) is 43.2 Å². The van der Waals surface area contributed by atoms with Gasteiger partial charge in [-0.15, -0.1) is 0 Å². The van der Waals surface area contributed by atoms with E-state index in [2.05, 4.69) is 47.4 Å². The lowest BCUT2D eigenvalue weighted by molar-refractivity contribution is 0.100. The molecule has 0 bridgehead atoms. The van der Waals surface area contributed by atoms with Gasteiger partial charge in [0, 0.05) is 29.4 Å². The molecule has 1 fully saturated rings. The van der Waals surface area contributed by atoms with Crippen molar-refractivity contribution in [1.29, 1.82) is 0 Å². The van der Waals surface area contributed by atoms with Crippen LogP contribution in [0.5, 0.6) is 0 Å². The van der Waals surface area contributed by atoms with Gasteiger partial charge < -0.3 is 0 Å². The van der Waals surface area contributed by atoms with Crippen molar-refractivity contribution in [3.8, 4) is 0 Å². The number of carbonyl (C=O) groups is 1. The zero-order chi connectivity index (χ0) is 17.1. The SMILES string of the molecule is C=C1CSC(=NCC(=O)c2cccnc2)N1c1cccc(C)c1C. The summed E-state index contributed by atoms with van der Waals surface area (Å²) in [7, 11) is 0. The van der Waals surface area contributed by atoms with Gasteiger partial charge >= 0.3 is 0 Å². The van der Waals surface area contributed by atoms with Gasteiger partial charge in [-0.2, -0.15) is 0 Å². The highest BCUT2D eigenvalue weighted by molar-refractivity contribution is 8.14. The van der Waals surface area contributed by atoms with E-state index in [0.717, 1.165) is 22.3 Å². The maximum Gasteiger partial charge on any atom is 0.185 e. The number of carbonyl (C=O) groups excluding carboxylic acids is 1. The molecular formula is C19H19N3OS. The number of anilines is 1. The molecule has 1 aromatic heterocycles. The molecule has 24 heavy (non-hydrogen) atoms. The smallest absolute Gasteiger partial charge is 0.185 e. The molecule has 1 aliphatic heterocycles. The van der Waals surface area contributed by atoms with Crippen LogP contribution in [0.25, 0.3) is 0 Å². The van der Waals surface area contributed by atoms with Crippen LogP contribution in [-0.4, -0.2) is 28.2 Å². The van der Waals surface area contributed by atoms with E-state index >= 15 is 0 Å². The Kier molecular flexibility index (Phi) is 4.81. The predicted molar refractivity (Wildman–Crippen MR) is 101 cm³/mol.